The molecule has 34 heavy (non-hydrogen) atoms. The van der Waals surface area contributed by atoms with Crippen molar-refractivity contribution in [1.29, 1.82) is 0 Å². The zero-order valence-corrected chi connectivity index (χ0v) is 22.1. The summed E-state index contributed by atoms with van der Waals surface area (Å²) in [6.07, 6.45) is 33.3. The fourth-order valence-corrected chi connectivity index (χ4v) is 3.59. The number of hydrogen-bond acceptors (Lipinski definition) is 3. The second-order valence-electron chi connectivity index (χ2n) is 9.09. The fraction of sp³-hybridized carbons (Fsp3) is 0.700. The van der Waals surface area contributed by atoms with Crippen molar-refractivity contribution in [3.8, 4) is 0 Å². The summed E-state index contributed by atoms with van der Waals surface area (Å²) >= 11 is 0. The standard InChI is InChI=1S/C30H53NO3/c1-3-5-7-9-11-13-14-15-16-18-20-22-24-26-30(34)31-28(27-32)29(33)25-23-21-19-17-12-10-8-6-4-2/h12,15-17,20,22-23,25,28-29,32-33H,3-11,13-14,18-19,21,24,26-27H2,1-2H3,(H,31,34)/b16-15-,17-12+,22-20-,25-23+. The van der Waals surface area contributed by atoms with Crippen LogP contribution in [0.5, 0.6) is 0 Å². The van der Waals surface area contributed by atoms with Gasteiger partial charge in [0.05, 0.1) is 18.8 Å². The zero-order valence-electron chi connectivity index (χ0n) is 22.1. The summed E-state index contributed by atoms with van der Waals surface area (Å²) in [5, 5.41) is 22.5. The quantitative estimate of drug-likeness (QED) is 0.107. The van der Waals surface area contributed by atoms with E-state index in [0.29, 0.717) is 12.8 Å². The summed E-state index contributed by atoms with van der Waals surface area (Å²) < 4.78 is 0. The van der Waals surface area contributed by atoms with E-state index in [9.17, 15) is 15.0 Å². The number of aliphatic hydroxyl groups excluding tert-OH is 2. The van der Waals surface area contributed by atoms with E-state index < -0.39 is 12.1 Å². The van der Waals surface area contributed by atoms with Crippen LogP contribution < -0.4 is 5.32 Å². The van der Waals surface area contributed by atoms with Gasteiger partial charge in [-0.05, 0) is 51.4 Å². The van der Waals surface area contributed by atoms with Crippen molar-refractivity contribution in [2.45, 2.75) is 129 Å². The van der Waals surface area contributed by atoms with Crippen LogP contribution in [0.4, 0.5) is 0 Å². The van der Waals surface area contributed by atoms with Gasteiger partial charge in [0, 0.05) is 6.42 Å². The summed E-state index contributed by atoms with van der Waals surface area (Å²) in [6, 6.07) is -0.665. The minimum absolute atomic E-state index is 0.148. The highest BCUT2D eigenvalue weighted by atomic mass is 16.3. The van der Waals surface area contributed by atoms with Gasteiger partial charge in [-0.25, -0.2) is 0 Å². The number of allylic oxidation sites excluding steroid dienone is 7. The van der Waals surface area contributed by atoms with Crippen LogP contribution >= 0.6 is 0 Å². The number of unbranched alkanes of at least 4 members (excludes halogenated alkanes) is 10. The minimum atomic E-state index is -0.880. The fourth-order valence-electron chi connectivity index (χ4n) is 3.59. The zero-order chi connectivity index (χ0) is 25.1. The predicted molar refractivity (Wildman–Crippen MR) is 147 cm³/mol. The Kier molecular flexibility index (Phi) is 24.7. The van der Waals surface area contributed by atoms with Crippen LogP contribution in [0.15, 0.2) is 48.6 Å². The maximum Gasteiger partial charge on any atom is 0.220 e. The van der Waals surface area contributed by atoms with Crippen molar-refractivity contribution in [3.05, 3.63) is 48.6 Å². The number of carbonyl (C=O) groups is 1. The van der Waals surface area contributed by atoms with Gasteiger partial charge in [0.2, 0.25) is 5.91 Å². The Morgan fingerprint density at radius 3 is 1.94 bits per heavy atom. The van der Waals surface area contributed by atoms with Crippen LogP contribution in [0.1, 0.15) is 117 Å². The lowest BCUT2D eigenvalue weighted by molar-refractivity contribution is -0.122. The largest absolute Gasteiger partial charge is 0.394 e. The lowest BCUT2D eigenvalue weighted by Gasteiger charge is -2.19. The molecular weight excluding hydrogens is 422 g/mol. The monoisotopic (exact) mass is 475 g/mol. The molecule has 0 aromatic rings. The van der Waals surface area contributed by atoms with Crippen LogP contribution in [-0.4, -0.2) is 34.9 Å². The molecule has 0 radical (unpaired) electrons. The van der Waals surface area contributed by atoms with E-state index >= 15 is 0 Å². The molecule has 0 bridgehead atoms. The normalized spacial score (nSPS) is 14.1. The van der Waals surface area contributed by atoms with Gasteiger partial charge in [-0.2, -0.15) is 0 Å². The first kappa shape index (κ1) is 32.4. The van der Waals surface area contributed by atoms with Crippen molar-refractivity contribution in [1.82, 2.24) is 5.32 Å². The highest BCUT2D eigenvalue weighted by molar-refractivity contribution is 5.76. The number of nitrogens with one attached hydrogen (secondary N) is 1. The molecule has 1 amide bonds. The molecule has 0 saturated heterocycles. The van der Waals surface area contributed by atoms with Crippen LogP contribution in [0.3, 0.4) is 0 Å². The Labute approximate surface area is 210 Å². The van der Waals surface area contributed by atoms with Gasteiger partial charge < -0.3 is 15.5 Å². The van der Waals surface area contributed by atoms with Gasteiger partial charge >= 0.3 is 0 Å². The van der Waals surface area contributed by atoms with E-state index in [1.165, 1.54) is 57.8 Å². The number of hydrogen-bond donors (Lipinski definition) is 3. The van der Waals surface area contributed by atoms with Gasteiger partial charge in [0.25, 0.3) is 0 Å². The molecule has 0 spiro atoms. The average Bonchev–Trinajstić information content (AvgIpc) is 2.84. The maximum atomic E-state index is 12.1. The van der Waals surface area contributed by atoms with Gasteiger partial charge in [-0.1, -0.05) is 107 Å². The summed E-state index contributed by atoms with van der Waals surface area (Å²) in [5.74, 6) is -0.148. The Bertz CT molecular complexity index is 565. The lowest BCUT2D eigenvalue weighted by Crippen LogP contribution is -2.45. The summed E-state index contributed by atoms with van der Waals surface area (Å²) in [5.41, 5.74) is 0. The first-order chi connectivity index (χ1) is 16.7. The Hall–Kier alpha value is -1.65. The van der Waals surface area contributed by atoms with Crippen LogP contribution in [-0.2, 0) is 4.79 Å². The van der Waals surface area contributed by atoms with Crippen LogP contribution in [0.25, 0.3) is 0 Å². The van der Waals surface area contributed by atoms with E-state index in [1.807, 2.05) is 12.2 Å². The van der Waals surface area contributed by atoms with Crippen LogP contribution in [0.2, 0.25) is 0 Å². The second kappa shape index (κ2) is 26.0. The topological polar surface area (TPSA) is 69.6 Å². The van der Waals surface area contributed by atoms with Crippen molar-refractivity contribution >= 4 is 5.91 Å². The third-order valence-electron chi connectivity index (χ3n) is 5.80. The molecule has 2 unspecified atom stereocenters. The van der Waals surface area contributed by atoms with Gasteiger partial charge in [-0.3, -0.25) is 4.79 Å². The molecule has 0 aliphatic rings. The molecule has 0 heterocycles. The Morgan fingerprint density at radius 2 is 1.24 bits per heavy atom. The molecule has 4 nitrogen and oxygen atoms in total. The van der Waals surface area contributed by atoms with E-state index in [-0.39, 0.29) is 12.5 Å². The molecule has 3 N–H and O–H groups in total. The third kappa shape index (κ3) is 22.2. The van der Waals surface area contributed by atoms with Crippen LogP contribution in [0, 0.1) is 0 Å². The van der Waals surface area contributed by atoms with E-state index in [0.717, 1.165) is 32.1 Å². The number of aliphatic hydroxyl groups is 2. The second-order valence-corrected chi connectivity index (χ2v) is 9.09. The summed E-state index contributed by atoms with van der Waals surface area (Å²) in [6.45, 7) is 4.17. The van der Waals surface area contributed by atoms with Crippen molar-refractivity contribution in [3.63, 3.8) is 0 Å². The molecule has 0 aliphatic carbocycles. The molecule has 0 fully saturated rings. The maximum absolute atomic E-state index is 12.1. The number of amides is 1. The first-order valence-electron chi connectivity index (χ1n) is 13.9. The predicted octanol–water partition coefficient (Wildman–Crippen LogP) is 7.33. The van der Waals surface area contributed by atoms with E-state index in [4.69, 9.17) is 0 Å². The van der Waals surface area contributed by atoms with E-state index in [2.05, 4.69) is 49.5 Å². The summed E-state index contributed by atoms with van der Waals surface area (Å²) in [4.78, 5) is 12.1. The number of rotatable bonds is 23. The van der Waals surface area contributed by atoms with Crippen molar-refractivity contribution < 1.29 is 15.0 Å². The Morgan fingerprint density at radius 1 is 0.706 bits per heavy atom. The molecule has 196 valence electrons. The molecule has 2 atom stereocenters. The van der Waals surface area contributed by atoms with Crippen molar-refractivity contribution in [2.75, 3.05) is 6.61 Å². The summed E-state index contributed by atoms with van der Waals surface area (Å²) in [7, 11) is 0. The van der Waals surface area contributed by atoms with Gasteiger partial charge in [-0.15, -0.1) is 0 Å². The minimum Gasteiger partial charge on any atom is -0.394 e. The molecule has 0 aliphatic heterocycles. The SMILES string of the molecule is CCCCC/C=C/CC/C=C/C(O)C(CO)NC(=O)CC/C=C\C/C=C\CCCCCCCC. The molecule has 0 saturated carbocycles. The Balaban J connectivity index is 3.89. The smallest absolute Gasteiger partial charge is 0.220 e. The molecule has 0 aromatic heterocycles. The lowest BCUT2D eigenvalue weighted by atomic mass is 10.1. The van der Waals surface area contributed by atoms with Gasteiger partial charge in [0.15, 0.2) is 0 Å². The first-order valence-corrected chi connectivity index (χ1v) is 13.9. The third-order valence-corrected chi connectivity index (χ3v) is 5.80. The van der Waals surface area contributed by atoms with Gasteiger partial charge in [0.1, 0.15) is 0 Å². The highest BCUT2D eigenvalue weighted by Crippen LogP contribution is 2.07. The van der Waals surface area contributed by atoms with E-state index in [1.54, 1.807) is 6.08 Å². The highest BCUT2D eigenvalue weighted by Gasteiger charge is 2.17. The molecular formula is C30H53NO3. The molecule has 0 rings (SSSR count). The molecule has 0 aromatic carbocycles. The van der Waals surface area contributed by atoms with Crippen molar-refractivity contribution in [2.24, 2.45) is 0 Å². The average molecular weight is 476 g/mol. The molecule has 4 heteroatoms. The number of carbonyl (C=O) groups excluding carboxylic acids is 1.